The summed E-state index contributed by atoms with van der Waals surface area (Å²) < 4.78 is 14.5. The Morgan fingerprint density at radius 3 is 2.56 bits per heavy atom. The number of hydrogen-bond acceptors (Lipinski definition) is 5. The van der Waals surface area contributed by atoms with Crippen molar-refractivity contribution in [2.24, 2.45) is 0 Å². The van der Waals surface area contributed by atoms with E-state index in [-0.39, 0.29) is 10.9 Å². The molecule has 0 radical (unpaired) electrons. The molecule has 4 N–H and O–H groups in total. The number of rotatable bonds is 3. The molecule has 1 aromatic heterocycles. The molecule has 0 amide bonds. The van der Waals surface area contributed by atoms with Gasteiger partial charge in [-0.2, -0.15) is 5.10 Å². The lowest BCUT2D eigenvalue weighted by molar-refractivity contribution is 0.216. The van der Waals surface area contributed by atoms with Gasteiger partial charge in [-0.05, 0) is 23.8 Å². The number of nitrogens with zero attached hydrogens (tertiary/aromatic N) is 1. The summed E-state index contributed by atoms with van der Waals surface area (Å²) in [6.07, 6.45) is -0.146. The fourth-order valence-corrected chi connectivity index (χ4v) is 6.15. The van der Waals surface area contributed by atoms with E-state index in [9.17, 15) is 19.2 Å². The lowest BCUT2D eigenvalue weighted by Gasteiger charge is -2.25. The minimum Gasteiger partial charge on any atom is -0.382 e. The van der Waals surface area contributed by atoms with Crippen molar-refractivity contribution >= 4 is 23.6 Å². The van der Waals surface area contributed by atoms with Crippen molar-refractivity contribution in [3.63, 3.8) is 0 Å². The number of benzene rings is 2. The van der Waals surface area contributed by atoms with Crippen LogP contribution in [0.3, 0.4) is 0 Å². The van der Waals surface area contributed by atoms with Gasteiger partial charge in [-0.3, -0.25) is 4.79 Å². The van der Waals surface area contributed by atoms with Gasteiger partial charge >= 0.3 is 0 Å². The first-order valence-electron chi connectivity index (χ1n) is 8.75. The zero-order valence-electron chi connectivity index (χ0n) is 14.5. The smallest absolute Gasteiger partial charge is 0.272 e. The van der Waals surface area contributed by atoms with E-state index in [0.29, 0.717) is 47.4 Å². The lowest BCUT2D eigenvalue weighted by atomic mass is 10.0. The maximum absolute atomic E-state index is 14.5. The quantitative estimate of drug-likeness (QED) is 0.507. The molecule has 2 heterocycles. The van der Waals surface area contributed by atoms with E-state index in [1.807, 2.05) is 0 Å². The van der Waals surface area contributed by atoms with Crippen molar-refractivity contribution in [3.8, 4) is 0 Å². The molecule has 1 saturated heterocycles. The molecular weight excluding hydrogens is 368 g/mol. The standard InChI is InChI=1S/C19H19FN3O3P/c20-15-6-5-12(11-16(15)27(26)9-7-21-8-10-27)18(24)17-13-3-1-2-4-14(13)19(25)23-22-17/h1-6,11,18,21,24,26H,7-10H2/p+1. The summed E-state index contributed by atoms with van der Waals surface area (Å²) in [7, 11) is -2.59. The highest BCUT2D eigenvalue weighted by Crippen LogP contribution is 2.54. The van der Waals surface area contributed by atoms with Crippen LogP contribution in [-0.4, -0.2) is 45.6 Å². The summed E-state index contributed by atoms with van der Waals surface area (Å²) in [5.74, 6) is -0.456. The van der Waals surface area contributed by atoms with Crippen molar-refractivity contribution in [1.29, 1.82) is 0 Å². The van der Waals surface area contributed by atoms with Gasteiger partial charge in [-0.25, -0.2) is 14.4 Å². The van der Waals surface area contributed by atoms with Crippen molar-refractivity contribution in [2.75, 3.05) is 25.4 Å². The summed E-state index contributed by atoms with van der Waals surface area (Å²) in [5.41, 5.74) is 0.387. The van der Waals surface area contributed by atoms with E-state index < -0.39 is 19.4 Å². The van der Waals surface area contributed by atoms with Crippen LogP contribution in [0.15, 0.2) is 47.3 Å². The Balaban J connectivity index is 1.80. The van der Waals surface area contributed by atoms with E-state index in [2.05, 4.69) is 15.5 Å². The highest BCUT2D eigenvalue weighted by Gasteiger charge is 2.42. The molecule has 1 unspecified atom stereocenters. The molecule has 6 nitrogen and oxygen atoms in total. The third-order valence-corrected chi connectivity index (χ3v) is 8.20. The van der Waals surface area contributed by atoms with Gasteiger partial charge < -0.3 is 10.4 Å². The van der Waals surface area contributed by atoms with Gasteiger partial charge in [0.1, 0.15) is 24.1 Å². The van der Waals surface area contributed by atoms with Crippen LogP contribution in [0.5, 0.6) is 0 Å². The van der Waals surface area contributed by atoms with E-state index in [4.69, 9.17) is 0 Å². The number of aromatic amines is 1. The summed E-state index contributed by atoms with van der Waals surface area (Å²) >= 11 is 0. The van der Waals surface area contributed by atoms with Crippen molar-refractivity contribution in [1.82, 2.24) is 15.5 Å². The van der Waals surface area contributed by atoms with Crippen molar-refractivity contribution in [2.45, 2.75) is 6.10 Å². The average molecular weight is 388 g/mol. The molecule has 0 bridgehead atoms. The fraction of sp³-hybridized carbons (Fsp3) is 0.263. The lowest BCUT2D eigenvalue weighted by Crippen LogP contribution is -2.36. The maximum Gasteiger partial charge on any atom is 0.272 e. The van der Waals surface area contributed by atoms with Crippen LogP contribution in [0, 0.1) is 5.82 Å². The Hall–Kier alpha value is -2.18. The second-order valence-electron chi connectivity index (χ2n) is 6.72. The number of nitrogens with one attached hydrogen (secondary N) is 2. The molecule has 1 atom stereocenters. The first kappa shape index (κ1) is 18.2. The van der Waals surface area contributed by atoms with Gasteiger partial charge in [0.2, 0.25) is 0 Å². The molecule has 1 aliphatic heterocycles. The van der Waals surface area contributed by atoms with Gasteiger partial charge in [0.25, 0.3) is 5.56 Å². The largest absolute Gasteiger partial charge is 0.382 e. The number of halogens is 1. The molecule has 0 saturated carbocycles. The molecule has 1 aliphatic rings. The van der Waals surface area contributed by atoms with E-state index >= 15 is 0 Å². The Bertz CT molecular complexity index is 1050. The molecular formula is C19H20FN3O3P+. The monoisotopic (exact) mass is 388 g/mol. The van der Waals surface area contributed by atoms with Crippen LogP contribution < -0.4 is 16.2 Å². The Kier molecular flexibility index (Phi) is 4.78. The van der Waals surface area contributed by atoms with Crippen molar-refractivity contribution in [3.05, 3.63) is 69.9 Å². The highest BCUT2D eigenvalue weighted by molar-refractivity contribution is 7.77. The minimum absolute atomic E-state index is 0.286. The maximum atomic E-state index is 14.5. The predicted molar refractivity (Wildman–Crippen MR) is 104 cm³/mol. The molecule has 1 fully saturated rings. The topological polar surface area (TPSA) is 98.2 Å². The molecule has 4 rings (SSSR count). The minimum atomic E-state index is -2.59. The highest BCUT2D eigenvalue weighted by atomic mass is 31.2. The second kappa shape index (κ2) is 7.09. The van der Waals surface area contributed by atoms with E-state index in [1.165, 1.54) is 12.1 Å². The van der Waals surface area contributed by atoms with Crippen LogP contribution in [0.2, 0.25) is 0 Å². The first-order chi connectivity index (χ1) is 13.0. The van der Waals surface area contributed by atoms with Crippen LogP contribution >= 0.6 is 7.49 Å². The summed E-state index contributed by atoms with van der Waals surface area (Å²) in [6.45, 7) is 1.28. The van der Waals surface area contributed by atoms with Gasteiger partial charge in [-0.1, -0.05) is 24.3 Å². The Morgan fingerprint density at radius 2 is 1.81 bits per heavy atom. The average Bonchev–Trinajstić information content (AvgIpc) is 2.69. The van der Waals surface area contributed by atoms with E-state index in [1.54, 1.807) is 30.3 Å². The number of aromatic nitrogens is 2. The van der Waals surface area contributed by atoms with Gasteiger partial charge in [0, 0.05) is 18.5 Å². The summed E-state index contributed by atoms with van der Waals surface area (Å²) in [5, 5.41) is 21.7. The Morgan fingerprint density at radius 1 is 1.11 bits per heavy atom. The van der Waals surface area contributed by atoms with Crippen LogP contribution in [0.4, 0.5) is 4.39 Å². The Labute approximate surface area is 155 Å². The molecule has 3 aromatic rings. The molecule has 2 aromatic carbocycles. The van der Waals surface area contributed by atoms with Crippen LogP contribution in [-0.2, 0) is 0 Å². The third-order valence-electron chi connectivity index (χ3n) is 5.04. The molecule has 27 heavy (non-hydrogen) atoms. The molecule has 0 aliphatic carbocycles. The van der Waals surface area contributed by atoms with Crippen molar-refractivity contribution < 1.29 is 14.4 Å². The van der Waals surface area contributed by atoms with Crippen LogP contribution in [0.25, 0.3) is 10.8 Å². The van der Waals surface area contributed by atoms with Gasteiger partial charge in [0.15, 0.2) is 18.6 Å². The molecule has 8 heteroatoms. The number of fused-ring (bicyclic) bond motifs is 1. The zero-order chi connectivity index (χ0) is 19.0. The summed E-state index contributed by atoms with van der Waals surface area (Å²) in [6, 6.07) is 11.2. The molecule has 0 spiro atoms. The number of H-pyrrole nitrogens is 1. The second-order valence-corrected chi connectivity index (χ2v) is 9.94. The van der Waals surface area contributed by atoms with Crippen LogP contribution in [0.1, 0.15) is 17.4 Å². The normalized spacial score (nSPS) is 17.7. The van der Waals surface area contributed by atoms with E-state index in [0.717, 1.165) is 0 Å². The molecule has 140 valence electrons. The number of aliphatic hydroxyl groups excluding tert-OH is 1. The zero-order valence-corrected chi connectivity index (χ0v) is 15.4. The number of aliphatic hydroxyl groups is 1. The van der Waals surface area contributed by atoms with Gasteiger partial charge in [0.05, 0.1) is 5.39 Å². The number of hydrogen-bond donors (Lipinski definition) is 4. The predicted octanol–water partition coefficient (Wildman–Crippen LogP) is 1.30. The SMILES string of the molecule is O=c1[nH]nc(C(O)c2ccc(F)c([P+]3(O)CCNCC3)c2)c2ccccc12. The van der Waals surface area contributed by atoms with Gasteiger partial charge in [-0.15, -0.1) is 0 Å². The fourth-order valence-electron chi connectivity index (χ4n) is 3.53. The first-order valence-corrected chi connectivity index (χ1v) is 10.9. The summed E-state index contributed by atoms with van der Waals surface area (Å²) in [4.78, 5) is 22.9. The third kappa shape index (κ3) is 3.28.